The van der Waals surface area contributed by atoms with Gasteiger partial charge in [0.15, 0.2) is 0 Å². The minimum atomic E-state index is 0.328. The second-order valence-corrected chi connectivity index (χ2v) is 17.1. The maximum atomic E-state index is 2.64. The summed E-state index contributed by atoms with van der Waals surface area (Å²) >= 11 is 0. The van der Waals surface area contributed by atoms with Crippen LogP contribution in [0.15, 0.2) is 179 Å². The minimum Gasteiger partial charge on any atom is -0.0839 e. The Morgan fingerprint density at radius 3 is 2.11 bits per heavy atom. The van der Waals surface area contributed by atoms with Crippen LogP contribution in [0.5, 0.6) is 0 Å². The highest BCUT2D eigenvalue weighted by atomic mass is 14.5. The molecule has 5 aromatic rings. The van der Waals surface area contributed by atoms with E-state index in [1.54, 1.807) is 27.9 Å². The summed E-state index contributed by atoms with van der Waals surface area (Å²) in [6.07, 6.45) is 33.8. The van der Waals surface area contributed by atoms with Gasteiger partial charge in [-0.05, 0) is 179 Å². The first-order valence-corrected chi connectivity index (χ1v) is 21.0. The summed E-state index contributed by atoms with van der Waals surface area (Å²) in [4.78, 5) is 0. The highest BCUT2D eigenvalue weighted by Crippen LogP contribution is 2.63. The van der Waals surface area contributed by atoms with Crippen molar-refractivity contribution in [1.29, 1.82) is 0 Å². The van der Waals surface area contributed by atoms with Crippen molar-refractivity contribution in [2.45, 2.75) is 51.4 Å². The molecule has 8 aliphatic rings. The van der Waals surface area contributed by atoms with Gasteiger partial charge in [-0.3, -0.25) is 0 Å². The van der Waals surface area contributed by atoms with E-state index in [4.69, 9.17) is 0 Å². The van der Waals surface area contributed by atoms with Gasteiger partial charge in [-0.2, -0.15) is 0 Å². The highest BCUT2D eigenvalue weighted by Gasteiger charge is 2.45. The first-order chi connectivity index (χ1) is 27.8. The maximum Gasteiger partial charge on any atom is 0.0206 e. The van der Waals surface area contributed by atoms with Crippen LogP contribution in [0, 0.1) is 11.8 Å². The number of hydrogen-bond donors (Lipinski definition) is 0. The normalized spacial score (nSPS) is 22.4. The molecule has 0 saturated heterocycles. The monoisotopic (exact) mass is 714 g/mol. The largest absolute Gasteiger partial charge is 0.0839 e. The summed E-state index contributed by atoms with van der Waals surface area (Å²) in [5.74, 6) is 0.698. The van der Waals surface area contributed by atoms with Crippen LogP contribution in [-0.2, 0) is 0 Å². The summed E-state index contributed by atoms with van der Waals surface area (Å²) < 4.78 is 0. The average molecular weight is 715 g/mol. The lowest BCUT2D eigenvalue weighted by molar-refractivity contribution is 0.660. The van der Waals surface area contributed by atoms with Gasteiger partial charge in [0.2, 0.25) is 0 Å². The van der Waals surface area contributed by atoms with Crippen LogP contribution in [0.3, 0.4) is 0 Å². The first kappa shape index (κ1) is 31.2. The molecule has 8 aliphatic carbocycles. The molecule has 5 aromatic carbocycles. The summed E-state index contributed by atoms with van der Waals surface area (Å²) in [5, 5.41) is 5.65. The number of benzene rings is 5. The highest BCUT2D eigenvalue weighted by molar-refractivity contribution is 6.30. The molecule has 0 aliphatic heterocycles. The van der Waals surface area contributed by atoms with E-state index in [0.717, 1.165) is 32.1 Å². The van der Waals surface area contributed by atoms with Crippen molar-refractivity contribution in [3.8, 4) is 22.3 Å². The Balaban J connectivity index is 1.14. The molecule has 13 rings (SSSR count). The van der Waals surface area contributed by atoms with Crippen LogP contribution in [0.1, 0.15) is 73.6 Å². The minimum absolute atomic E-state index is 0.328. The van der Waals surface area contributed by atoms with Crippen LogP contribution in [0.4, 0.5) is 0 Å². The van der Waals surface area contributed by atoms with Crippen LogP contribution >= 0.6 is 0 Å². The molecule has 0 N–H and O–H groups in total. The molecule has 0 radical (unpaired) electrons. The van der Waals surface area contributed by atoms with Gasteiger partial charge in [-0.25, -0.2) is 0 Å². The lowest BCUT2D eigenvalue weighted by Crippen LogP contribution is -2.21. The van der Waals surface area contributed by atoms with E-state index in [-0.39, 0.29) is 0 Å². The van der Waals surface area contributed by atoms with Crippen LogP contribution in [0.2, 0.25) is 0 Å². The zero-order valence-electron chi connectivity index (χ0n) is 31.7. The Morgan fingerprint density at radius 2 is 1.25 bits per heavy atom. The Labute approximate surface area is 329 Å². The fraction of sp³-hybridized carbons (Fsp3) is 0.179. The van der Waals surface area contributed by atoms with Crippen molar-refractivity contribution in [3.05, 3.63) is 201 Å². The molecule has 2 atom stereocenters. The van der Waals surface area contributed by atoms with Gasteiger partial charge in [0, 0.05) is 11.8 Å². The molecule has 0 fully saturated rings. The van der Waals surface area contributed by atoms with Crippen molar-refractivity contribution >= 4 is 43.8 Å². The van der Waals surface area contributed by atoms with Crippen molar-refractivity contribution < 1.29 is 0 Å². The number of allylic oxidation sites excluding steroid dienone is 20. The summed E-state index contributed by atoms with van der Waals surface area (Å²) in [6.45, 7) is 0. The van der Waals surface area contributed by atoms with Gasteiger partial charge < -0.3 is 0 Å². The van der Waals surface area contributed by atoms with E-state index < -0.39 is 0 Å². The molecule has 2 unspecified atom stereocenters. The van der Waals surface area contributed by atoms with Gasteiger partial charge in [-0.1, -0.05) is 140 Å². The Hall–Kier alpha value is -5.98. The molecular formula is C56H42. The van der Waals surface area contributed by atoms with E-state index >= 15 is 0 Å². The molecule has 0 bridgehead atoms. The number of hydrogen-bond acceptors (Lipinski definition) is 0. The molecule has 266 valence electrons. The SMILES string of the molecule is C1=CC2C3=C(C=C4c5c(c(-c6ccccc6)c6cc7c8c(cccc8c6c5-c5ccccc5)C5=C7CCC(C6=CC7=C(C=CCC7)CC6)=C5)C(=C1)C42)CCC=C3. The lowest BCUT2D eigenvalue weighted by atomic mass is 9.69. The van der Waals surface area contributed by atoms with Crippen LogP contribution < -0.4 is 0 Å². The quantitative estimate of drug-likeness (QED) is 0.163. The molecule has 0 heteroatoms. The number of fused-ring (bicyclic) bond motifs is 8. The van der Waals surface area contributed by atoms with Gasteiger partial charge >= 0.3 is 0 Å². The third-order valence-corrected chi connectivity index (χ3v) is 14.3. The Bertz CT molecular complexity index is 2970. The third kappa shape index (κ3) is 4.25. The fourth-order valence-corrected chi connectivity index (χ4v) is 12.0. The summed E-state index contributed by atoms with van der Waals surface area (Å²) in [6, 6.07) is 32.6. The second kappa shape index (κ2) is 11.8. The Morgan fingerprint density at radius 1 is 0.500 bits per heavy atom. The predicted octanol–water partition coefficient (Wildman–Crippen LogP) is 14.9. The Kier molecular flexibility index (Phi) is 6.56. The molecule has 0 aromatic heterocycles. The van der Waals surface area contributed by atoms with Gasteiger partial charge in [0.1, 0.15) is 0 Å². The van der Waals surface area contributed by atoms with Gasteiger partial charge in [-0.15, -0.1) is 0 Å². The van der Waals surface area contributed by atoms with Crippen molar-refractivity contribution in [3.63, 3.8) is 0 Å². The van der Waals surface area contributed by atoms with E-state index in [1.165, 1.54) is 113 Å². The number of rotatable bonds is 3. The average Bonchev–Trinajstić information content (AvgIpc) is 3.76. The van der Waals surface area contributed by atoms with E-state index in [2.05, 4.69) is 146 Å². The molecular weight excluding hydrogens is 673 g/mol. The zero-order chi connectivity index (χ0) is 36.5. The van der Waals surface area contributed by atoms with Gasteiger partial charge in [0.25, 0.3) is 0 Å². The summed E-state index contributed by atoms with van der Waals surface area (Å²) in [5.41, 5.74) is 26.6. The lowest BCUT2D eigenvalue weighted by Gasteiger charge is -2.34. The van der Waals surface area contributed by atoms with Crippen molar-refractivity contribution in [1.82, 2.24) is 0 Å². The summed E-state index contributed by atoms with van der Waals surface area (Å²) in [7, 11) is 0. The molecule has 0 spiro atoms. The van der Waals surface area contributed by atoms with E-state index in [1.807, 2.05) is 0 Å². The topological polar surface area (TPSA) is 0 Å². The molecule has 0 nitrogen and oxygen atoms in total. The van der Waals surface area contributed by atoms with Crippen LogP contribution in [0.25, 0.3) is 66.1 Å². The first-order valence-electron chi connectivity index (χ1n) is 21.0. The molecule has 0 saturated carbocycles. The molecule has 56 heavy (non-hydrogen) atoms. The second-order valence-electron chi connectivity index (χ2n) is 17.1. The molecule has 0 amide bonds. The van der Waals surface area contributed by atoms with Crippen LogP contribution in [-0.4, -0.2) is 0 Å². The van der Waals surface area contributed by atoms with Crippen molar-refractivity contribution in [2.75, 3.05) is 0 Å². The van der Waals surface area contributed by atoms with Gasteiger partial charge in [0.05, 0.1) is 0 Å². The van der Waals surface area contributed by atoms with Crippen molar-refractivity contribution in [2.24, 2.45) is 11.8 Å². The maximum absolute atomic E-state index is 2.64. The standard InChI is InChI=1S/C56H42/c1-3-14-34(15-4-1)50-49-32-47-41-28-27-38(37-26-25-33-13-7-8-18-36(33)29-37)30-46(41)43-22-12-23-44(52(43)47)54(49)51(35-16-5-2-6-17-35)56-48-31-39-19-9-10-20-40(39)42-21-11-24-45(53(42)48)55(50)56/h1-7,10-17,20-24,29-32,42,53H,8-9,18-19,25-28H2. The van der Waals surface area contributed by atoms with E-state index in [0.29, 0.717) is 11.8 Å². The third-order valence-electron chi connectivity index (χ3n) is 14.3. The van der Waals surface area contributed by atoms with E-state index in [9.17, 15) is 0 Å². The zero-order valence-corrected chi connectivity index (χ0v) is 31.7. The fourth-order valence-electron chi connectivity index (χ4n) is 12.0. The predicted molar refractivity (Wildman–Crippen MR) is 237 cm³/mol. The smallest absolute Gasteiger partial charge is 0.0206 e. The molecule has 0 heterocycles.